The summed E-state index contributed by atoms with van der Waals surface area (Å²) in [6, 6.07) is 7.89. The minimum atomic E-state index is -0.157. The maximum atomic E-state index is 6.28. The van der Waals surface area contributed by atoms with Gasteiger partial charge in [0, 0.05) is 0 Å². The average Bonchev–Trinajstić information content (AvgIpc) is 3.16. The molecule has 4 rings (SSSR count). The summed E-state index contributed by atoms with van der Waals surface area (Å²) in [4.78, 5) is 8.98. The van der Waals surface area contributed by atoms with Crippen molar-refractivity contribution in [3.63, 3.8) is 0 Å². The molecule has 2 heterocycles. The molecule has 0 spiro atoms. The molecule has 0 saturated carbocycles. The lowest BCUT2D eigenvalue weighted by molar-refractivity contribution is 0.414. The molecule has 23 heavy (non-hydrogen) atoms. The Kier molecular flexibility index (Phi) is 3.13. The topological polar surface area (TPSA) is 52.8 Å². The predicted molar refractivity (Wildman–Crippen MR) is 88.9 cm³/mol. The Bertz CT molecular complexity index is 908. The lowest BCUT2D eigenvalue weighted by Gasteiger charge is -2.06. The zero-order valence-corrected chi connectivity index (χ0v) is 13.6. The van der Waals surface area contributed by atoms with E-state index in [1.165, 1.54) is 0 Å². The number of benzene rings is 1. The van der Waals surface area contributed by atoms with E-state index in [1.807, 2.05) is 35.1 Å². The van der Waals surface area contributed by atoms with Gasteiger partial charge >= 0.3 is 0 Å². The fourth-order valence-corrected chi connectivity index (χ4v) is 2.65. The van der Waals surface area contributed by atoms with E-state index in [0.29, 0.717) is 17.2 Å². The van der Waals surface area contributed by atoms with Gasteiger partial charge in [0.1, 0.15) is 22.6 Å². The smallest absolute Gasteiger partial charge is 0.160 e. The molecule has 0 aliphatic heterocycles. The highest BCUT2D eigenvalue weighted by molar-refractivity contribution is 6.33. The molecule has 0 amide bonds. The van der Waals surface area contributed by atoms with Gasteiger partial charge in [-0.05, 0) is 24.6 Å². The molecule has 1 aliphatic rings. The van der Waals surface area contributed by atoms with Crippen molar-refractivity contribution < 1.29 is 4.74 Å². The van der Waals surface area contributed by atoms with Crippen LogP contribution in [0.25, 0.3) is 11.0 Å². The SMILES string of the molecule is COc1ccc(Cn2cc3nc(C4(C)C=C4)nc(Cl)c3n2)cc1. The molecule has 1 aliphatic carbocycles. The Morgan fingerprint density at radius 3 is 2.57 bits per heavy atom. The largest absolute Gasteiger partial charge is 0.497 e. The standard InChI is InChI=1S/C17H15ClN4O/c1-17(7-8-17)16-19-13-10-22(21-14(13)15(18)20-16)9-11-3-5-12(23-2)6-4-11/h3-8,10H,9H2,1-2H3. The number of rotatable bonds is 4. The van der Waals surface area contributed by atoms with E-state index >= 15 is 0 Å². The fourth-order valence-electron chi connectivity index (χ4n) is 2.44. The number of aromatic nitrogens is 4. The van der Waals surface area contributed by atoms with Gasteiger partial charge in [0.05, 0.1) is 25.3 Å². The van der Waals surface area contributed by atoms with Crippen molar-refractivity contribution >= 4 is 22.6 Å². The summed E-state index contributed by atoms with van der Waals surface area (Å²) >= 11 is 6.28. The van der Waals surface area contributed by atoms with Crippen molar-refractivity contribution in [1.82, 2.24) is 19.7 Å². The second kappa shape index (κ2) is 5.06. The van der Waals surface area contributed by atoms with Gasteiger partial charge in [0.25, 0.3) is 0 Å². The molecule has 5 nitrogen and oxygen atoms in total. The van der Waals surface area contributed by atoms with Gasteiger partial charge in [-0.1, -0.05) is 35.9 Å². The van der Waals surface area contributed by atoms with Crippen LogP contribution in [0, 0.1) is 0 Å². The maximum Gasteiger partial charge on any atom is 0.160 e. The summed E-state index contributed by atoms with van der Waals surface area (Å²) in [6.45, 7) is 2.70. The number of ether oxygens (including phenoxy) is 1. The third-order valence-electron chi connectivity index (χ3n) is 4.02. The van der Waals surface area contributed by atoms with Crippen molar-refractivity contribution in [1.29, 1.82) is 0 Å². The molecule has 0 unspecified atom stereocenters. The quantitative estimate of drug-likeness (QED) is 0.545. The van der Waals surface area contributed by atoms with Gasteiger partial charge in [0.2, 0.25) is 0 Å². The van der Waals surface area contributed by atoms with Gasteiger partial charge in [-0.15, -0.1) is 0 Å². The number of hydrogen-bond donors (Lipinski definition) is 0. The van der Waals surface area contributed by atoms with Crippen LogP contribution in [0.2, 0.25) is 5.15 Å². The van der Waals surface area contributed by atoms with Crippen LogP contribution < -0.4 is 4.74 Å². The summed E-state index contributed by atoms with van der Waals surface area (Å²) in [7, 11) is 1.66. The Labute approximate surface area is 138 Å². The third kappa shape index (κ3) is 2.57. The van der Waals surface area contributed by atoms with E-state index in [1.54, 1.807) is 7.11 Å². The molecule has 116 valence electrons. The molecule has 0 bridgehead atoms. The van der Waals surface area contributed by atoms with Crippen molar-refractivity contribution in [2.45, 2.75) is 18.9 Å². The summed E-state index contributed by atoms with van der Waals surface area (Å²) < 4.78 is 7.00. The van der Waals surface area contributed by atoms with Crippen LogP contribution in [0.1, 0.15) is 18.3 Å². The van der Waals surface area contributed by atoms with Crippen LogP contribution in [0.4, 0.5) is 0 Å². The second-order valence-corrected chi connectivity index (χ2v) is 6.22. The first-order valence-electron chi connectivity index (χ1n) is 7.32. The van der Waals surface area contributed by atoms with Gasteiger partial charge in [-0.3, -0.25) is 4.68 Å². The Morgan fingerprint density at radius 2 is 1.91 bits per heavy atom. The average molecular weight is 327 g/mol. The molecule has 0 fully saturated rings. The normalized spacial score (nSPS) is 15.1. The van der Waals surface area contributed by atoms with E-state index in [4.69, 9.17) is 16.3 Å². The highest BCUT2D eigenvalue weighted by Crippen LogP contribution is 2.37. The van der Waals surface area contributed by atoms with Crippen LogP contribution in [-0.4, -0.2) is 26.9 Å². The number of methoxy groups -OCH3 is 1. The molecular formula is C17H15ClN4O. The molecule has 0 N–H and O–H groups in total. The third-order valence-corrected chi connectivity index (χ3v) is 4.28. The summed E-state index contributed by atoms with van der Waals surface area (Å²) in [5.74, 6) is 1.56. The molecule has 3 aromatic rings. The van der Waals surface area contributed by atoms with Gasteiger partial charge in [0.15, 0.2) is 5.15 Å². The number of allylic oxidation sites excluding steroid dienone is 2. The number of fused-ring (bicyclic) bond motifs is 1. The lowest BCUT2D eigenvalue weighted by atomic mass is 10.1. The first-order valence-corrected chi connectivity index (χ1v) is 7.70. The van der Waals surface area contributed by atoms with Gasteiger partial charge < -0.3 is 4.74 Å². The van der Waals surface area contributed by atoms with Crippen LogP contribution in [0.15, 0.2) is 42.6 Å². The second-order valence-electron chi connectivity index (χ2n) is 5.86. The van der Waals surface area contributed by atoms with Crippen LogP contribution in [-0.2, 0) is 12.0 Å². The Hall–Kier alpha value is -2.40. The lowest BCUT2D eigenvalue weighted by Crippen LogP contribution is -2.08. The molecular weight excluding hydrogens is 312 g/mol. The zero-order valence-electron chi connectivity index (χ0n) is 12.8. The molecule has 0 saturated heterocycles. The Balaban J connectivity index is 1.66. The first-order chi connectivity index (χ1) is 11.1. The zero-order chi connectivity index (χ0) is 16.0. The summed E-state index contributed by atoms with van der Waals surface area (Å²) in [5.41, 5.74) is 2.37. The molecule has 6 heteroatoms. The highest BCUT2D eigenvalue weighted by Gasteiger charge is 2.34. The van der Waals surface area contributed by atoms with Crippen molar-refractivity contribution in [2.75, 3.05) is 7.11 Å². The van der Waals surface area contributed by atoms with Crippen LogP contribution in [0.5, 0.6) is 5.75 Å². The molecule has 2 aromatic heterocycles. The number of nitrogens with zero attached hydrogens (tertiary/aromatic N) is 4. The fraction of sp³-hybridized carbons (Fsp3) is 0.235. The van der Waals surface area contributed by atoms with E-state index in [-0.39, 0.29) is 5.41 Å². The highest BCUT2D eigenvalue weighted by atomic mass is 35.5. The Morgan fingerprint density at radius 1 is 1.17 bits per heavy atom. The van der Waals surface area contributed by atoms with Crippen molar-refractivity contribution in [2.24, 2.45) is 0 Å². The van der Waals surface area contributed by atoms with E-state index < -0.39 is 0 Å². The minimum absolute atomic E-state index is 0.157. The number of halogens is 1. The minimum Gasteiger partial charge on any atom is -0.497 e. The molecule has 1 aromatic carbocycles. The van der Waals surface area contributed by atoms with Crippen LogP contribution in [0.3, 0.4) is 0 Å². The van der Waals surface area contributed by atoms with E-state index in [9.17, 15) is 0 Å². The van der Waals surface area contributed by atoms with Gasteiger partial charge in [-0.2, -0.15) is 5.10 Å². The van der Waals surface area contributed by atoms with E-state index in [2.05, 4.69) is 34.1 Å². The van der Waals surface area contributed by atoms with Crippen molar-refractivity contribution in [3.8, 4) is 5.75 Å². The maximum absolute atomic E-state index is 6.28. The molecule has 0 radical (unpaired) electrons. The summed E-state index contributed by atoms with van der Waals surface area (Å²) in [5, 5.41) is 4.90. The number of hydrogen-bond acceptors (Lipinski definition) is 4. The van der Waals surface area contributed by atoms with E-state index in [0.717, 1.165) is 22.7 Å². The molecule has 0 atom stereocenters. The van der Waals surface area contributed by atoms with Crippen LogP contribution >= 0.6 is 11.6 Å². The van der Waals surface area contributed by atoms with Gasteiger partial charge in [-0.25, -0.2) is 9.97 Å². The first kappa shape index (κ1) is 14.2. The summed E-state index contributed by atoms with van der Waals surface area (Å²) in [6.07, 6.45) is 6.03. The monoisotopic (exact) mass is 326 g/mol. The predicted octanol–water partition coefficient (Wildman–Crippen LogP) is 3.36. The van der Waals surface area contributed by atoms with Crippen molar-refractivity contribution in [3.05, 3.63) is 59.2 Å².